The first-order valence-electron chi connectivity index (χ1n) is 8.48. The first kappa shape index (κ1) is 14.9. The SMILES string of the molecule is CC1CCC(NC2(CN)CCN(c3ccccc3)CC2)C1. The predicted octanol–water partition coefficient (Wildman–Crippen LogP) is 2.76. The Labute approximate surface area is 128 Å². The minimum atomic E-state index is 0.167. The van der Waals surface area contributed by atoms with Crippen LogP contribution in [0.2, 0.25) is 0 Å². The largest absolute Gasteiger partial charge is 0.371 e. The summed E-state index contributed by atoms with van der Waals surface area (Å²) in [7, 11) is 0. The van der Waals surface area contributed by atoms with Gasteiger partial charge in [-0.1, -0.05) is 25.1 Å². The Morgan fingerprint density at radius 2 is 1.90 bits per heavy atom. The zero-order valence-corrected chi connectivity index (χ0v) is 13.2. The summed E-state index contributed by atoms with van der Waals surface area (Å²) >= 11 is 0. The number of para-hydroxylation sites is 1. The third kappa shape index (κ3) is 3.41. The molecule has 1 heterocycles. The smallest absolute Gasteiger partial charge is 0.0366 e. The van der Waals surface area contributed by atoms with Crippen molar-refractivity contribution >= 4 is 5.69 Å². The monoisotopic (exact) mass is 287 g/mol. The summed E-state index contributed by atoms with van der Waals surface area (Å²) in [4.78, 5) is 2.49. The molecule has 1 aliphatic heterocycles. The van der Waals surface area contributed by atoms with Gasteiger partial charge in [0.05, 0.1) is 0 Å². The van der Waals surface area contributed by atoms with Gasteiger partial charge in [0.2, 0.25) is 0 Å². The van der Waals surface area contributed by atoms with Gasteiger partial charge in [-0.15, -0.1) is 0 Å². The van der Waals surface area contributed by atoms with E-state index in [9.17, 15) is 0 Å². The fourth-order valence-corrected chi connectivity index (χ4v) is 4.01. The van der Waals surface area contributed by atoms with Crippen molar-refractivity contribution < 1.29 is 0 Å². The van der Waals surface area contributed by atoms with E-state index in [1.165, 1.54) is 24.9 Å². The first-order valence-corrected chi connectivity index (χ1v) is 8.48. The van der Waals surface area contributed by atoms with Crippen LogP contribution >= 0.6 is 0 Å². The second-order valence-corrected chi connectivity index (χ2v) is 7.07. The highest BCUT2D eigenvalue weighted by Gasteiger charge is 2.36. The predicted molar refractivity (Wildman–Crippen MR) is 89.6 cm³/mol. The second-order valence-electron chi connectivity index (χ2n) is 7.07. The van der Waals surface area contributed by atoms with Crippen molar-refractivity contribution in [3.05, 3.63) is 30.3 Å². The van der Waals surface area contributed by atoms with Crippen LogP contribution in [0.3, 0.4) is 0 Å². The molecule has 1 saturated carbocycles. The van der Waals surface area contributed by atoms with Gasteiger partial charge in [-0.2, -0.15) is 0 Å². The lowest BCUT2D eigenvalue weighted by atomic mass is 9.86. The molecule has 0 amide bonds. The van der Waals surface area contributed by atoms with E-state index in [0.717, 1.165) is 38.4 Å². The van der Waals surface area contributed by atoms with E-state index < -0.39 is 0 Å². The van der Waals surface area contributed by atoms with Crippen molar-refractivity contribution in [1.82, 2.24) is 5.32 Å². The zero-order chi connectivity index (χ0) is 14.7. The normalized spacial score (nSPS) is 28.8. The Kier molecular flexibility index (Phi) is 4.51. The number of nitrogens with two attached hydrogens (primary N) is 1. The van der Waals surface area contributed by atoms with Crippen LogP contribution in [0.1, 0.15) is 39.0 Å². The van der Waals surface area contributed by atoms with Crippen LogP contribution in [0.25, 0.3) is 0 Å². The number of nitrogens with zero attached hydrogens (tertiary/aromatic N) is 1. The number of anilines is 1. The quantitative estimate of drug-likeness (QED) is 0.894. The first-order chi connectivity index (χ1) is 10.2. The molecule has 2 atom stereocenters. The summed E-state index contributed by atoms with van der Waals surface area (Å²) in [5.74, 6) is 0.877. The fraction of sp³-hybridized carbons (Fsp3) is 0.667. The summed E-state index contributed by atoms with van der Waals surface area (Å²) in [6.45, 7) is 5.35. The molecule has 3 rings (SSSR count). The summed E-state index contributed by atoms with van der Waals surface area (Å²) in [6.07, 6.45) is 6.33. The molecule has 1 aromatic rings. The van der Waals surface area contributed by atoms with Gasteiger partial charge in [0.1, 0.15) is 0 Å². The second kappa shape index (κ2) is 6.37. The Bertz CT molecular complexity index is 437. The number of rotatable bonds is 4. The Morgan fingerprint density at radius 3 is 2.48 bits per heavy atom. The molecule has 3 N–H and O–H groups in total. The van der Waals surface area contributed by atoms with E-state index >= 15 is 0 Å². The van der Waals surface area contributed by atoms with Crippen LogP contribution in [0, 0.1) is 5.92 Å². The highest BCUT2D eigenvalue weighted by Crippen LogP contribution is 2.30. The van der Waals surface area contributed by atoms with Crippen molar-refractivity contribution in [2.45, 2.75) is 50.6 Å². The molecule has 3 nitrogen and oxygen atoms in total. The van der Waals surface area contributed by atoms with Crippen LogP contribution in [0.15, 0.2) is 30.3 Å². The molecule has 2 aliphatic rings. The van der Waals surface area contributed by atoms with Crippen molar-refractivity contribution in [2.75, 3.05) is 24.5 Å². The standard InChI is InChI=1S/C18H29N3/c1-15-7-8-16(13-15)20-18(14-19)9-11-21(12-10-18)17-5-3-2-4-6-17/h2-6,15-16,20H,7-14,19H2,1H3. The number of nitrogens with one attached hydrogen (secondary N) is 1. The lowest BCUT2D eigenvalue weighted by molar-refractivity contribution is 0.236. The minimum absolute atomic E-state index is 0.167. The van der Waals surface area contributed by atoms with Gasteiger partial charge in [0, 0.05) is 36.9 Å². The minimum Gasteiger partial charge on any atom is -0.371 e. The number of benzene rings is 1. The molecule has 1 aromatic carbocycles. The van der Waals surface area contributed by atoms with E-state index in [2.05, 4.69) is 47.5 Å². The molecule has 116 valence electrons. The topological polar surface area (TPSA) is 41.3 Å². The van der Waals surface area contributed by atoms with Gasteiger partial charge >= 0.3 is 0 Å². The molecular formula is C18H29N3. The fourth-order valence-electron chi connectivity index (χ4n) is 4.01. The van der Waals surface area contributed by atoms with Gasteiger partial charge in [-0.05, 0) is 50.2 Å². The molecule has 0 radical (unpaired) electrons. The van der Waals surface area contributed by atoms with Crippen molar-refractivity contribution in [3.63, 3.8) is 0 Å². The maximum absolute atomic E-state index is 6.15. The van der Waals surface area contributed by atoms with Gasteiger partial charge in [-0.3, -0.25) is 0 Å². The molecule has 1 saturated heterocycles. The van der Waals surface area contributed by atoms with E-state index in [1.54, 1.807) is 0 Å². The summed E-state index contributed by atoms with van der Waals surface area (Å²) < 4.78 is 0. The molecule has 21 heavy (non-hydrogen) atoms. The van der Waals surface area contributed by atoms with Crippen LogP contribution < -0.4 is 16.0 Å². The van der Waals surface area contributed by atoms with Gasteiger partial charge in [0.15, 0.2) is 0 Å². The molecule has 0 aromatic heterocycles. The molecule has 0 bridgehead atoms. The highest BCUT2D eigenvalue weighted by atomic mass is 15.2. The van der Waals surface area contributed by atoms with Crippen molar-refractivity contribution in [2.24, 2.45) is 11.7 Å². The summed E-state index contributed by atoms with van der Waals surface area (Å²) in [5, 5.41) is 3.93. The average Bonchev–Trinajstić information content (AvgIpc) is 2.94. The van der Waals surface area contributed by atoms with Crippen molar-refractivity contribution in [1.29, 1.82) is 0 Å². The number of piperidine rings is 1. The Balaban J connectivity index is 1.59. The van der Waals surface area contributed by atoms with Gasteiger partial charge < -0.3 is 16.0 Å². The summed E-state index contributed by atoms with van der Waals surface area (Å²) in [6, 6.07) is 11.4. The van der Waals surface area contributed by atoms with E-state index in [4.69, 9.17) is 5.73 Å². The van der Waals surface area contributed by atoms with Crippen LogP contribution in [-0.2, 0) is 0 Å². The molecule has 3 heteroatoms. The molecule has 0 spiro atoms. The number of hydrogen-bond acceptors (Lipinski definition) is 3. The molecule has 2 fully saturated rings. The average molecular weight is 287 g/mol. The molecule has 2 unspecified atom stereocenters. The maximum atomic E-state index is 6.15. The van der Waals surface area contributed by atoms with Gasteiger partial charge in [0.25, 0.3) is 0 Å². The molecule has 1 aliphatic carbocycles. The van der Waals surface area contributed by atoms with Crippen LogP contribution in [0.5, 0.6) is 0 Å². The Morgan fingerprint density at radius 1 is 1.19 bits per heavy atom. The van der Waals surface area contributed by atoms with Gasteiger partial charge in [-0.25, -0.2) is 0 Å². The van der Waals surface area contributed by atoms with E-state index in [0.29, 0.717) is 6.04 Å². The third-order valence-electron chi connectivity index (χ3n) is 5.44. The van der Waals surface area contributed by atoms with Crippen LogP contribution in [-0.4, -0.2) is 31.2 Å². The lowest BCUT2D eigenvalue weighted by Gasteiger charge is -2.44. The number of hydrogen-bond donors (Lipinski definition) is 2. The maximum Gasteiger partial charge on any atom is 0.0366 e. The highest BCUT2D eigenvalue weighted by molar-refractivity contribution is 5.46. The zero-order valence-electron chi connectivity index (χ0n) is 13.2. The molecular weight excluding hydrogens is 258 g/mol. The Hall–Kier alpha value is -1.06. The van der Waals surface area contributed by atoms with Crippen LogP contribution in [0.4, 0.5) is 5.69 Å². The van der Waals surface area contributed by atoms with E-state index in [1.807, 2.05) is 0 Å². The lowest BCUT2D eigenvalue weighted by Crippen LogP contribution is -2.60. The van der Waals surface area contributed by atoms with E-state index in [-0.39, 0.29) is 5.54 Å². The third-order valence-corrected chi connectivity index (χ3v) is 5.44. The summed E-state index contributed by atoms with van der Waals surface area (Å²) in [5.41, 5.74) is 7.67. The van der Waals surface area contributed by atoms with Crippen molar-refractivity contribution in [3.8, 4) is 0 Å².